The fourth-order valence-electron chi connectivity index (χ4n) is 1.65. The summed E-state index contributed by atoms with van der Waals surface area (Å²) in [5.41, 5.74) is 1.29. The summed E-state index contributed by atoms with van der Waals surface area (Å²) in [4.78, 5) is 0. The van der Waals surface area contributed by atoms with Gasteiger partial charge in [0.05, 0.1) is 0 Å². The monoisotopic (exact) mass is 250 g/mol. The van der Waals surface area contributed by atoms with Crippen LogP contribution >= 0.6 is 15.9 Å². The van der Waals surface area contributed by atoms with Crippen LogP contribution in [0.25, 0.3) is 10.9 Å². The minimum atomic E-state index is 0.452. The van der Waals surface area contributed by atoms with Crippen molar-refractivity contribution in [3.63, 3.8) is 0 Å². The van der Waals surface area contributed by atoms with Crippen molar-refractivity contribution in [1.82, 2.24) is 4.57 Å². The van der Waals surface area contributed by atoms with E-state index in [1.807, 2.05) is 0 Å². The summed E-state index contributed by atoms with van der Waals surface area (Å²) in [6.45, 7) is 4.29. The molecule has 0 saturated heterocycles. The van der Waals surface area contributed by atoms with Crippen LogP contribution in [0.1, 0.15) is 19.9 Å². The first-order valence-corrected chi connectivity index (χ1v) is 5.57. The highest BCUT2D eigenvalue weighted by Crippen LogP contribution is 2.24. The van der Waals surface area contributed by atoms with Crippen LogP contribution in [-0.4, -0.2) is 4.57 Å². The smallest absolute Gasteiger partial charge is 0.0483 e. The molecule has 0 spiro atoms. The molecule has 0 aliphatic carbocycles. The van der Waals surface area contributed by atoms with Crippen LogP contribution in [0.4, 0.5) is 0 Å². The number of nitrogens with zero attached hydrogens (tertiary/aromatic N) is 1. The van der Waals surface area contributed by atoms with E-state index in [1.54, 1.807) is 0 Å². The minimum absolute atomic E-state index is 0.452. The predicted octanol–water partition coefficient (Wildman–Crippen LogP) is 4.19. The fourth-order valence-corrected chi connectivity index (χ4v) is 2.03. The summed E-state index contributed by atoms with van der Waals surface area (Å²) in [5, 5.41) is 1.29. The van der Waals surface area contributed by atoms with Crippen molar-refractivity contribution in [2.24, 2.45) is 0 Å². The topological polar surface area (TPSA) is 4.93 Å². The molecule has 0 N–H and O–H groups in total. The van der Waals surface area contributed by atoms with Crippen molar-refractivity contribution in [3.05, 3.63) is 41.4 Å². The zero-order chi connectivity index (χ0) is 10.1. The number of fused-ring (bicyclic) bond motifs is 1. The van der Waals surface area contributed by atoms with Crippen molar-refractivity contribution in [1.29, 1.82) is 0 Å². The average Bonchev–Trinajstić information content (AvgIpc) is 2.59. The highest BCUT2D eigenvalue weighted by molar-refractivity contribution is 9.10. The fraction of sp³-hybridized carbons (Fsp3) is 0.250. The Morgan fingerprint density at radius 1 is 1.36 bits per heavy atom. The van der Waals surface area contributed by atoms with E-state index < -0.39 is 0 Å². The van der Waals surface area contributed by atoms with Crippen LogP contribution in [-0.2, 0) is 0 Å². The molecule has 1 aromatic heterocycles. The largest absolute Gasteiger partial charge is 0.344 e. The Hall–Kier alpha value is -0.760. The van der Waals surface area contributed by atoms with Crippen LogP contribution in [0.15, 0.2) is 34.9 Å². The Morgan fingerprint density at radius 3 is 2.86 bits per heavy atom. The van der Waals surface area contributed by atoms with Crippen LogP contribution in [0.5, 0.6) is 0 Å². The zero-order valence-corrected chi connectivity index (χ0v) is 9.95. The van der Waals surface area contributed by atoms with E-state index in [9.17, 15) is 0 Å². The van der Waals surface area contributed by atoms with Crippen LogP contribution in [0.3, 0.4) is 0 Å². The van der Waals surface area contributed by atoms with Crippen LogP contribution in [0.2, 0.25) is 0 Å². The van der Waals surface area contributed by atoms with E-state index in [1.165, 1.54) is 10.9 Å². The van der Waals surface area contributed by atoms with Gasteiger partial charge in [0.15, 0.2) is 0 Å². The Morgan fingerprint density at radius 2 is 2.14 bits per heavy atom. The van der Waals surface area contributed by atoms with E-state index in [0.29, 0.717) is 6.04 Å². The summed E-state index contributed by atoms with van der Waals surface area (Å²) in [6, 6.07) is 8.99. The highest BCUT2D eigenvalue weighted by Gasteiger charge is 2.05. The maximum atomic E-state index is 3.48. The lowest BCUT2D eigenvalue weighted by molar-refractivity contribution is 0.643. The van der Waals surface area contributed by atoms with Gasteiger partial charge in [-0.15, -0.1) is 0 Å². The molecule has 1 atom stereocenters. The Balaban J connectivity index is 2.58. The summed E-state index contributed by atoms with van der Waals surface area (Å²) in [6.07, 6.45) is 4.34. The maximum absolute atomic E-state index is 3.48. The van der Waals surface area contributed by atoms with E-state index in [-0.39, 0.29) is 0 Å². The number of benzene rings is 1. The first-order valence-electron chi connectivity index (χ1n) is 4.78. The zero-order valence-electron chi connectivity index (χ0n) is 8.37. The SMILES string of the molecule is C[CH]C(C)n1ccc2cc(Br)ccc21. The van der Waals surface area contributed by atoms with Crippen LogP contribution < -0.4 is 0 Å². The lowest BCUT2D eigenvalue weighted by Gasteiger charge is -2.12. The molecule has 73 valence electrons. The van der Waals surface area contributed by atoms with Gasteiger partial charge in [-0.2, -0.15) is 0 Å². The Bertz CT molecular complexity index is 445. The summed E-state index contributed by atoms with van der Waals surface area (Å²) in [7, 11) is 0. The van der Waals surface area contributed by atoms with E-state index >= 15 is 0 Å². The molecule has 2 aromatic rings. The third-order valence-corrected chi connectivity index (χ3v) is 3.10. The molecular formula is C12H13BrN. The molecule has 2 rings (SSSR count). The normalized spacial score (nSPS) is 13.4. The highest BCUT2D eigenvalue weighted by atomic mass is 79.9. The second kappa shape index (κ2) is 3.77. The molecule has 1 heterocycles. The minimum Gasteiger partial charge on any atom is -0.344 e. The van der Waals surface area contributed by atoms with E-state index in [0.717, 1.165) is 4.47 Å². The number of halogens is 1. The van der Waals surface area contributed by atoms with E-state index in [4.69, 9.17) is 0 Å². The van der Waals surface area contributed by atoms with Crippen molar-refractivity contribution in [3.8, 4) is 0 Å². The molecule has 0 aliphatic rings. The molecule has 1 unspecified atom stereocenters. The third-order valence-electron chi connectivity index (χ3n) is 2.60. The number of hydrogen-bond donors (Lipinski definition) is 0. The number of aromatic nitrogens is 1. The van der Waals surface area contributed by atoms with Gasteiger partial charge in [-0.3, -0.25) is 0 Å². The lowest BCUT2D eigenvalue weighted by Crippen LogP contribution is -2.01. The molecular weight excluding hydrogens is 238 g/mol. The first kappa shape index (κ1) is 9.78. The van der Waals surface area contributed by atoms with E-state index in [2.05, 4.69) is 71.2 Å². The van der Waals surface area contributed by atoms with Gasteiger partial charge in [0.25, 0.3) is 0 Å². The average molecular weight is 251 g/mol. The third kappa shape index (κ3) is 1.59. The number of rotatable bonds is 2. The second-order valence-corrected chi connectivity index (χ2v) is 4.42. The first-order chi connectivity index (χ1) is 6.72. The molecule has 0 fully saturated rings. The summed E-state index contributed by atoms with van der Waals surface area (Å²) < 4.78 is 3.41. The van der Waals surface area contributed by atoms with Gasteiger partial charge in [0, 0.05) is 27.6 Å². The standard InChI is InChI=1S/C12H13BrN/c1-3-9(2)14-7-6-10-8-11(13)4-5-12(10)14/h3-9H,1-2H3. The molecule has 1 radical (unpaired) electrons. The molecule has 14 heavy (non-hydrogen) atoms. The predicted molar refractivity (Wildman–Crippen MR) is 64.3 cm³/mol. The van der Waals surface area contributed by atoms with Crippen molar-refractivity contribution in [2.45, 2.75) is 19.9 Å². The molecule has 0 bridgehead atoms. The lowest BCUT2D eigenvalue weighted by atomic mass is 10.2. The second-order valence-electron chi connectivity index (χ2n) is 3.50. The van der Waals surface area contributed by atoms with Crippen molar-refractivity contribution in [2.75, 3.05) is 0 Å². The molecule has 1 aromatic carbocycles. The quantitative estimate of drug-likeness (QED) is 0.754. The van der Waals surface area contributed by atoms with Crippen LogP contribution in [0, 0.1) is 6.42 Å². The molecule has 1 nitrogen and oxygen atoms in total. The maximum Gasteiger partial charge on any atom is 0.0483 e. The van der Waals surface area contributed by atoms with Gasteiger partial charge in [-0.25, -0.2) is 0 Å². The van der Waals surface area contributed by atoms with Gasteiger partial charge in [-0.05, 0) is 37.6 Å². The Kier molecular flexibility index (Phi) is 2.64. The summed E-state index contributed by atoms with van der Waals surface area (Å²) in [5.74, 6) is 0. The molecule has 2 heteroatoms. The molecule has 0 amide bonds. The van der Waals surface area contributed by atoms with Gasteiger partial charge in [0.2, 0.25) is 0 Å². The van der Waals surface area contributed by atoms with Crippen molar-refractivity contribution < 1.29 is 0 Å². The molecule has 0 aliphatic heterocycles. The van der Waals surface area contributed by atoms with Gasteiger partial charge in [-0.1, -0.05) is 22.9 Å². The van der Waals surface area contributed by atoms with Gasteiger partial charge in [0.1, 0.15) is 0 Å². The van der Waals surface area contributed by atoms with Gasteiger partial charge >= 0.3 is 0 Å². The van der Waals surface area contributed by atoms with Crippen molar-refractivity contribution >= 4 is 26.8 Å². The Labute approximate surface area is 92.9 Å². The number of hydrogen-bond acceptors (Lipinski definition) is 0. The molecule has 0 saturated carbocycles. The van der Waals surface area contributed by atoms with Gasteiger partial charge < -0.3 is 4.57 Å². The summed E-state index contributed by atoms with van der Waals surface area (Å²) >= 11 is 3.48.